The van der Waals surface area contributed by atoms with Crippen molar-refractivity contribution in [2.24, 2.45) is 0 Å². The minimum absolute atomic E-state index is 0.255. The molecule has 0 N–H and O–H groups in total. The van der Waals surface area contributed by atoms with Gasteiger partial charge in [-0.25, -0.2) is 0 Å². The Morgan fingerprint density at radius 3 is 1.81 bits per heavy atom. The molecule has 10 aromatic rings. The van der Waals surface area contributed by atoms with E-state index in [1.54, 1.807) is 0 Å². The number of allylic oxidation sites excluding steroid dienone is 1. The van der Waals surface area contributed by atoms with Gasteiger partial charge < -0.3 is 13.6 Å². The summed E-state index contributed by atoms with van der Waals surface area (Å²) in [5, 5.41) is 6.49. The minimum Gasteiger partial charge on any atom is -0.454 e. The maximum absolute atomic E-state index is 6.83. The minimum atomic E-state index is 0.255. The Morgan fingerprint density at radius 2 is 1.06 bits per heavy atom. The van der Waals surface area contributed by atoms with Crippen molar-refractivity contribution in [1.82, 2.24) is 9.13 Å². The van der Waals surface area contributed by atoms with Gasteiger partial charge in [0.2, 0.25) is 0 Å². The zero-order chi connectivity index (χ0) is 33.9. The third kappa shape index (κ3) is 3.87. The van der Waals surface area contributed by atoms with E-state index in [-0.39, 0.29) is 11.2 Å². The average Bonchev–Trinajstić information content (AvgIpc) is 3.95. The summed E-state index contributed by atoms with van der Waals surface area (Å²) in [5.41, 5.74) is 13.2. The Hall–Kier alpha value is -6.23. The molecule has 0 saturated heterocycles. The van der Waals surface area contributed by atoms with E-state index in [2.05, 4.69) is 179 Å². The third-order valence-corrected chi connectivity index (χ3v) is 12.7. The zero-order valence-corrected chi connectivity index (χ0v) is 28.8. The van der Waals surface area contributed by atoms with Gasteiger partial charge in [0.1, 0.15) is 5.58 Å². The molecule has 7 aromatic carbocycles. The maximum atomic E-state index is 6.83. The van der Waals surface area contributed by atoms with E-state index in [1.807, 2.05) is 11.8 Å². The fraction of sp³-hybridized carbons (Fsp3) is 0.0417. The molecule has 2 atom stereocenters. The van der Waals surface area contributed by atoms with Crippen molar-refractivity contribution in [3.63, 3.8) is 0 Å². The molecule has 52 heavy (non-hydrogen) atoms. The first-order valence-electron chi connectivity index (χ1n) is 17.9. The van der Waals surface area contributed by atoms with E-state index >= 15 is 0 Å². The molecule has 0 saturated carbocycles. The van der Waals surface area contributed by atoms with Gasteiger partial charge in [-0.15, -0.1) is 11.8 Å². The second kappa shape index (κ2) is 10.6. The van der Waals surface area contributed by atoms with E-state index in [0.29, 0.717) is 0 Å². The molecule has 1 aliphatic heterocycles. The number of para-hydroxylation sites is 4. The van der Waals surface area contributed by atoms with Crippen molar-refractivity contribution < 1.29 is 4.42 Å². The number of furan rings is 1. The summed E-state index contributed by atoms with van der Waals surface area (Å²) in [6.07, 6.45) is 2.48. The SMILES string of the molecule is C1=C(n2c3ccccc3c3cc(-c4ccc5c(c4)c4ccccc4n5-c4ccccc4)ccc32)c2oc3ccccc3c2C2Sc3ccccc3C12. The molecule has 0 spiro atoms. The van der Waals surface area contributed by atoms with Crippen LogP contribution in [0.25, 0.3) is 77.1 Å². The Morgan fingerprint density at radius 1 is 0.481 bits per heavy atom. The smallest absolute Gasteiger partial charge is 0.156 e. The van der Waals surface area contributed by atoms with Crippen LogP contribution >= 0.6 is 11.8 Å². The summed E-state index contributed by atoms with van der Waals surface area (Å²) in [6.45, 7) is 0. The van der Waals surface area contributed by atoms with Crippen molar-refractivity contribution >= 4 is 72.0 Å². The summed E-state index contributed by atoms with van der Waals surface area (Å²) in [6, 6.07) is 59.6. The number of thioether (sulfide) groups is 1. The molecule has 4 heterocycles. The summed E-state index contributed by atoms with van der Waals surface area (Å²) in [5.74, 6) is 1.24. The second-order valence-corrected chi connectivity index (χ2v) is 15.2. The van der Waals surface area contributed by atoms with Gasteiger partial charge in [0, 0.05) is 54.2 Å². The van der Waals surface area contributed by atoms with Crippen LogP contribution in [-0.2, 0) is 0 Å². The summed E-state index contributed by atoms with van der Waals surface area (Å²) in [4.78, 5) is 1.36. The fourth-order valence-electron chi connectivity index (χ4n) is 9.03. The average molecular weight is 683 g/mol. The largest absolute Gasteiger partial charge is 0.454 e. The van der Waals surface area contributed by atoms with Gasteiger partial charge in [-0.1, -0.05) is 103 Å². The van der Waals surface area contributed by atoms with Gasteiger partial charge in [0.25, 0.3) is 0 Å². The first kappa shape index (κ1) is 28.5. The van der Waals surface area contributed by atoms with E-state index in [0.717, 1.165) is 17.0 Å². The molecule has 3 nitrogen and oxygen atoms in total. The Bertz CT molecular complexity index is 3120. The van der Waals surface area contributed by atoms with Crippen LogP contribution in [-0.4, -0.2) is 9.13 Å². The number of aromatic nitrogens is 2. The van der Waals surface area contributed by atoms with Crippen LogP contribution in [0.3, 0.4) is 0 Å². The van der Waals surface area contributed by atoms with E-state index in [9.17, 15) is 0 Å². The highest BCUT2D eigenvalue weighted by atomic mass is 32.2. The van der Waals surface area contributed by atoms with E-state index in [4.69, 9.17) is 4.42 Å². The maximum Gasteiger partial charge on any atom is 0.156 e. The molecule has 0 bridgehead atoms. The van der Waals surface area contributed by atoms with Crippen molar-refractivity contribution in [2.45, 2.75) is 16.1 Å². The van der Waals surface area contributed by atoms with Crippen molar-refractivity contribution in [2.75, 3.05) is 0 Å². The normalized spacial score (nSPS) is 16.5. The Labute approximate surface area is 304 Å². The van der Waals surface area contributed by atoms with E-state index < -0.39 is 0 Å². The van der Waals surface area contributed by atoms with Gasteiger partial charge in [-0.3, -0.25) is 0 Å². The predicted octanol–water partition coefficient (Wildman–Crippen LogP) is 13.1. The molecule has 2 aliphatic rings. The number of hydrogen-bond acceptors (Lipinski definition) is 2. The van der Waals surface area contributed by atoms with Crippen LogP contribution in [0.15, 0.2) is 179 Å². The highest BCUT2D eigenvalue weighted by molar-refractivity contribution is 8.00. The van der Waals surface area contributed by atoms with Crippen LogP contribution in [0.4, 0.5) is 0 Å². The zero-order valence-electron chi connectivity index (χ0n) is 28.0. The summed E-state index contributed by atoms with van der Waals surface area (Å²) < 4.78 is 11.7. The lowest BCUT2D eigenvalue weighted by Gasteiger charge is -2.25. The fourth-order valence-corrected chi connectivity index (χ4v) is 10.5. The lowest BCUT2D eigenvalue weighted by atomic mass is 9.85. The van der Waals surface area contributed by atoms with Crippen LogP contribution in [0.2, 0.25) is 0 Å². The van der Waals surface area contributed by atoms with Crippen molar-refractivity contribution in [3.8, 4) is 16.8 Å². The molecular weight excluding hydrogens is 653 g/mol. The second-order valence-electron chi connectivity index (χ2n) is 14.0. The standard InChI is InChI=1S/C48H30N2OS/c1-2-12-31(13-3-1)49-39-18-8-4-14-32(39)36-26-29(22-24-41(36)49)30-23-25-42-37(27-30)33-15-5-9-19-40(33)50(42)43-28-38-34-16-7-11-21-45(34)52-48(38)46-35-17-6-10-20-44(35)51-47(43)46/h1-28,38,48H. The number of nitrogens with zero attached hydrogens (tertiary/aromatic N) is 2. The topological polar surface area (TPSA) is 23.0 Å². The molecule has 0 radical (unpaired) electrons. The van der Waals surface area contributed by atoms with Gasteiger partial charge >= 0.3 is 0 Å². The van der Waals surface area contributed by atoms with Crippen LogP contribution in [0.1, 0.15) is 28.1 Å². The molecule has 4 heteroatoms. The summed E-state index contributed by atoms with van der Waals surface area (Å²) in [7, 11) is 0. The van der Waals surface area contributed by atoms with Crippen LogP contribution in [0.5, 0.6) is 0 Å². The first-order chi connectivity index (χ1) is 25.8. The van der Waals surface area contributed by atoms with Gasteiger partial charge in [-0.2, -0.15) is 0 Å². The number of hydrogen-bond donors (Lipinski definition) is 0. The van der Waals surface area contributed by atoms with Crippen LogP contribution < -0.4 is 0 Å². The molecule has 3 aromatic heterocycles. The highest BCUT2D eigenvalue weighted by Gasteiger charge is 2.42. The molecule has 0 amide bonds. The molecule has 2 unspecified atom stereocenters. The first-order valence-corrected chi connectivity index (χ1v) is 18.8. The van der Waals surface area contributed by atoms with Gasteiger partial charge in [0.15, 0.2) is 5.76 Å². The number of rotatable bonds is 3. The van der Waals surface area contributed by atoms with Gasteiger partial charge in [-0.05, 0) is 83.4 Å². The molecule has 1 aliphatic carbocycles. The number of fused-ring (bicyclic) bond motifs is 13. The lowest BCUT2D eigenvalue weighted by molar-refractivity contribution is 0.580. The summed E-state index contributed by atoms with van der Waals surface area (Å²) >= 11 is 1.97. The highest BCUT2D eigenvalue weighted by Crippen LogP contribution is 2.61. The molecular formula is C48H30N2OS. The van der Waals surface area contributed by atoms with E-state index in [1.165, 1.54) is 81.8 Å². The predicted molar refractivity (Wildman–Crippen MR) is 217 cm³/mol. The van der Waals surface area contributed by atoms with Crippen molar-refractivity contribution in [1.29, 1.82) is 0 Å². The van der Waals surface area contributed by atoms with Crippen LogP contribution in [0, 0.1) is 0 Å². The molecule has 0 fully saturated rings. The third-order valence-electron chi connectivity index (χ3n) is 11.3. The lowest BCUT2D eigenvalue weighted by Crippen LogP contribution is -2.12. The Kier molecular flexibility index (Phi) is 5.83. The monoisotopic (exact) mass is 682 g/mol. The molecule has 12 rings (SSSR count). The quantitative estimate of drug-likeness (QED) is 0.185. The Balaban J connectivity index is 1.08. The molecule has 244 valence electrons. The number of benzene rings is 7. The van der Waals surface area contributed by atoms with Gasteiger partial charge in [0.05, 0.1) is 27.8 Å². The van der Waals surface area contributed by atoms with Crippen molar-refractivity contribution in [3.05, 3.63) is 187 Å².